The molecule has 0 bridgehead atoms. The third-order valence-electron chi connectivity index (χ3n) is 4.38. The molecule has 3 rings (SSSR count). The zero-order valence-corrected chi connectivity index (χ0v) is 12.6. The maximum Gasteiger partial charge on any atom is 0.140 e. The summed E-state index contributed by atoms with van der Waals surface area (Å²) in [6, 6.07) is 8.11. The predicted molar refractivity (Wildman–Crippen MR) is 84.3 cm³/mol. The quantitative estimate of drug-likeness (QED) is 0.918. The average molecular weight is 285 g/mol. The van der Waals surface area contributed by atoms with E-state index in [0.717, 1.165) is 49.3 Å². The van der Waals surface area contributed by atoms with E-state index in [2.05, 4.69) is 27.9 Å². The molecule has 1 aliphatic heterocycles. The Labute approximate surface area is 125 Å². The second kappa shape index (κ2) is 6.39. The molecule has 0 aliphatic carbocycles. The van der Waals surface area contributed by atoms with Crippen LogP contribution in [0.25, 0.3) is 11.0 Å². The topological polar surface area (TPSA) is 46.9 Å². The Bertz CT molecular complexity index is 626. The van der Waals surface area contributed by atoms with Crippen LogP contribution in [0.4, 0.5) is 0 Å². The van der Waals surface area contributed by atoms with Gasteiger partial charge in [-0.2, -0.15) is 0 Å². The molecule has 2 heterocycles. The first-order valence-corrected chi connectivity index (χ1v) is 7.94. The van der Waals surface area contributed by atoms with E-state index in [-0.39, 0.29) is 0 Å². The van der Waals surface area contributed by atoms with Crippen LogP contribution < -0.4 is 5.32 Å². The second-order valence-corrected chi connectivity index (χ2v) is 5.87. The average Bonchev–Trinajstić information content (AvgIpc) is 2.85. The molecule has 0 amide bonds. The summed E-state index contributed by atoms with van der Waals surface area (Å²) in [5, 5.41) is 3.35. The zero-order valence-electron chi connectivity index (χ0n) is 12.6. The van der Waals surface area contributed by atoms with Crippen LogP contribution >= 0.6 is 0 Å². The van der Waals surface area contributed by atoms with E-state index in [9.17, 15) is 4.79 Å². The number of hydrogen-bond donors (Lipinski definition) is 1. The highest BCUT2D eigenvalue weighted by molar-refractivity contribution is 5.82. The number of rotatable bonds is 5. The standard InChI is InChI=1S/C17H23N3O/c1-2-20-16-6-4-3-5-15(16)19-17(20)12-14(21)11-13-7-9-18-10-8-13/h3-6,13,18H,2,7-12H2,1H3. The zero-order chi connectivity index (χ0) is 14.7. The molecule has 0 unspecified atom stereocenters. The number of nitrogens with zero attached hydrogens (tertiary/aromatic N) is 2. The number of benzene rings is 1. The molecule has 1 saturated heterocycles. The first-order chi connectivity index (χ1) is 10.3. The van der Waals surface area contributed by atoms with Crippen LogP contribution in [0.15, 0.2) is 24.3 Å². The van der Waals surface area contributed by atoms with Gasteiger partial charge in [0, 0.05) is 13.0 Å². The molecule has 4 nitrogen and oxygen atoms in total. The third-order valence-corrected chi connectivity index (χ3v) is 4.38. The second-order valence-electron chi connectivity index (χ2n) is 5.87. The van der Waals surface area contributed by atoms with Crippen LogP contribution in [0.3, 0.4) is 0 Å². The first-order valence-electron chi connectivity index (χ1n) is 7.94. The van der Waals surface area contributed by atoms with E-state index in [0.29, 0.717) is 24.5 Å². The summed E-state index contributed by atoms with van der Waals surface area (Å²) in [6.07, 6.45) is 3.41. The minimum atomic E-state index is 0.326. The van der Waals surface area contributed by atoms with Crippen molar-refractivity contribution in [3.05, 3.63) is 30.1 Å². The molecule has 0 saturated carbocycles. The van der Waals surface area contributed by atoms with Crippen LogP contribution in [-0.2, 0) is 17.8 Å². The molecule has 21 heavy (non-hydrogen) atoms. The van der Waals surface area contributed by atoms with Gasteiger partial charge < -0.3 is 9.88 Å². The highest BCUT2D eigenvalue weighted by atomic mass is 16.1. The summed E-state index contributed by atoms with van der Waals surface area (Å²) in [5.41, 5.74) is 2.12. The predicted octanol–water partition coefficient (Wildman–Crippen LogP) is 2.56. The monoisotopic (exact) mass is 285 g/mol. The van der Waals surface area contributed by atoms with E-state index in [1.54, 1.807) is 0 Å². The van der Waals surface area contributed by atoms with Gasteiger partial charge in [0.25, 0.3) is 0 Å². The van der Waals surface area contributed by atoms with Gasteiger partial charge in [-0.3, -0.25) is 4.79 Å². The molecular weight excluding hydrogens is 262 g/mol. The van der Waals surface area contributed by atoms with Crippen LogP contribution in [-0.4, -0.2) is 28.4 Å². The van der Waals surface area contributed by atoms with Crippen molar-refractivity contribution in [1.29, 1.82) is 0 Å². The smallest absolute Gasteiger partial charge is 0.140 e. The van der Waals surface area contributed by atoms with E-state index in [1.807, 2.05) is 18.2 Å². The summed E-state index contributed by atoms with van der Waals surface area (Å²) in [6.45, 7) is 5.06. The lowest BCUT2D eigenvalue weighted by atomic mass is 9.92. The van der Waals surface area contributed by atoms with Crippen molar-refractivity contribution < 1.29 is 4.79 Å². The van der Waals surface area contributed by atoms with Crippen molar-refractivity contribution in [2.45, 2.75) is 39.2 Å². The van der Waals surface area contributed by atoms with Crippen LogP contribution in [0.2, 0.25) is 0 Å². The summed E-state index contributed by atoms with van der Waals surface area (Å²) >= 11 is 0. The number of carbonyl (C=O) groups excluding carboxylic acids is 1. The molecule has 1 N–H and O–H groups in total. The fourth-order valence-corrected chi connectivity index (χ4v) is 3.27. The molecule has 4 heteroatoms. The van der Waals surface area contributed by atoms with Crippen molar-refractivity contribution >= 4 is 16.8 Å². The number of ketones is 1. The molecular formula is C17H23N3O. The molecule has 2 aromatic rings. The number of imidazole rings is 1. The Balaban J connectivity index is 1.73. The number of nitrogens with one attached hydrogen (secondary N) is 1. The highest BCUT2D eigenvalue weighted by Crippen LogP contribution is 2.20. The summed E-state index contributed by atoms with van der Waals surface area (Å²) in [4.78, 5) is 17.0. The molecule has 0 spiro atoms. The van der Waals surface area contributed by atoms with E-state index >= 15 is 0 Å². The van der Waals surface area contributed by atoms with Crippen molar-refractivity contribution in [1.82, 2.24) is 14.9 Å². The summed E-state index contributed by atoms with van der Waals surface area (Å²) in [5.74, 6) is 1.79. The van der Waals surface area contributed by atoms with E-state index in [4.69, 9.17) is 0 Å². The number of piperidine rings is 1. The van der Waals surface area contributed by atoms with Gasteiger partial charge in [0.2, 0.25) is 0 Å². The first kappa shape index (κ1) is 14.3. The van der Waals surface area contributed by atoms with Gasteiger partial charge >= 0.3 is 0 Å². The van der Waals surface area contributed by atoms with Crippen molar-refractivity contribution in [2.24, 2.45) is 5.92 Å². The Hall–Kier alpha value is -1.68. The highest BCUT2D eigenvalue weighted by Gasteiger charge is 2.19. The number of carbonyl (C=O) groups is 1. The number of aromatic nitrogens is 2. The Kier molecular flexibility index (Phi) is 4.34. The number of aryl methyl sites for hydroxylation is 1. The molecule has 0 atom stereocenters. The van der Waals surface area contributed by atoms with Gasteiger partial charge in [-0.05, 0) is 50.9 Å². The SMILES string of the molecule is CCn1c(CC(=O)CC2CCNCC2)nc2ccccc21. The Morgan fingerprint density at radius 1 is 1.33 bits per heavy atom. The minimum Gasteiger partial charge on any atom is -0.328 e. The largest absolute Gasteiger partial charge is 0.328 e. The maximum atomic E-state index is 12.4. The molecule has 1 aromatic heterocycles. The number of para-hydroxylation sites is 2. The van der Waals surface area contributed by atoms with E-state index < -0.39 is 0 Å². The summed E-state index contributed by atoms with van der Waals surface area (Å²) < 4.78 is 2.16. The number of Topliss-reactive ketones (excluding diaryl/α,β-unsaturated/α-hetero) is 1. The Morgan fingerprint density at radius 2 is 2.10 bits per heavy atom. The van der Waals surface area contributed by atoms with Crippen LogP contribution in [0.1, 0.15) is 32.0 Å². The normalized spacial score (nSPS) is 16.4. The van der Waals surface area contributed by atoms with Gasteiger partial charge in [-0.1, -0.05) is 12.1 Å². The van der Waals surface area contributed by atoms with Gasteiger partial charge in [-0.25, -0.2) is 4.98 Å². The van der Waals surface area contributed by atoms with Gasteiger partial charge in [0.15, 0.2) is 0 Å². The van der Waals surface area contributed by atoms with Crippen LogP contribution in [0.5, 0.6) is 0 Å². The fourth-order valence-electron chi connectivity index (χ4n) is 3.27. The van der Waals surface area contributed by atoms with Gasteiger partial charge in [0.1, 0.15) is 11.6 Å². The lowest BCUT2D eigenvalue weighted by Gasteiger charge is -2.21. The lowest BCUT2D eigenvalue weighted by molar-refractivity contribution is -0.119. The molecule has 0 radical (unpaired) electrons. The minimum absolute atomic E-state index is 0.326. The van der Waals surface area contributed by atoms with Gasteiger partial charge in [-0.15, -0.1) is 0 Å². The number of fused-ring (bicyclic) bond motifs is 1. The maximum absolute atomic E-state index is 12.4. The van der Waals surface area contributed by atoms with Crippen molar-refractivity contribution in [2.75, 3.05) is 13.1 Å². The third kappa shape index (κ3) is 3.16. The van der Waals surface area contributed by atoms with Crippen molar-refractivity contribution in [3.63, 3.8) is 0 Å². The van der Waals surface area contributed by atoms with Gasteiger partial charge in [0.05, 0.1) is 17.5 Å². The molecule has 1 aliphatic rings. The summed E-state index contributed by atoms with van der Waals surface area (Å²) in [7, 11) is 0. The molecule has 112 valence electrons. The van der Waals surface area contributed by atoms with Crippen molar-refractivity contribution in [3.8, 4) is 0 Å². The lowest BCUT2D eigenvalue weighted by Crippen LogP contribution is -2.29. The van der Waals surface area contributed by atoms with E-state index in [1.165, 1.54) is 0 Å². The molecule has 1 aromatic carbocycles. The molecule has 1 fully saturated rings. The Morgan fingerprint density at radius 3 is 2.86 bits per heavy atom. The van der Waals surface area contributed by atoms with Crippen LogP contribution in [0, 0.1) is 5.92 Å². The fraction of sp³-hybridized carbons (Fsp3) is 0.529. The number of hydrogen-bond acceptors (Lipinski definition) is 3.